The Kier molecular flexibility index (Phi) is 5.58. The van der Waals surface area contributed by atoms with Gasteiger partial charge in [-0.15, -0.1) is 0 Å². The van der Waals surface area contributed by atoms with Gasteiger partial charge >= 0.3 is 0 Å². The number of piperidine rings is 1. The SMILES string of the molecule is CC(N)C1CCCN(CCCN(C)C)C1. The van der Waals surface area contributed by atoms with Gasteiger partial charge in [-0.05, 0) is 65.8 Å². The molecule has 0 aromatic heterocycles. The summed E-state index contributed by atoms with van der Waals surface area (Å²) in [7, 11) is 4.28. The third-order valence-electron chi connectivity index (χ3n) is 3.37. The fourth-order valence-corrected chi connectivity index (χ4v) is 2.33. The molecule has 2 N–H and O–H groups in total. The van der Waals surface area contributed by atoms with E-state index in [0.29, 0.717) is 6.04 Å². The molecule has 0 aliphatic carbocycles. The average molecular weight is 213 g/mol. The Morgan fingerprint density at radius 3 is 2.80 bits per heavy atom. The molecule has 1 rings (SSSR count). The van der Waals surface area contributed by atoms with Gasteiger partial charge in [0.1, 0.15) is 0 Å². The number of nitrogens with two attached hydrogens (primary N) is 1. The summed E-state index contributed by atoms with van der Waals surface area (Å²) in [5, 5.41) is 0. The summed E-state index contributed by atoms with van der Waals surface area (Å²) in [6.07, 6.45) is 3.93. The van der Waals surface area contributed by atoms with E-state index in [4.69, 9.17) is 5.73 Å². The highest BCUT2D eigenvalue weighted by Crippen LogP contribution is 2.18. The van der Waals surface area contributed by atoms with E-state index in [9.17, 15) is 0 Å². The van der Waals surface area contributed by atoms with Gasteiger partial charge in [-0.3, -0.25) is 0 Å². The topological polar surface area (TPSA) is 32.5 Å². The number of rotatable bonds is 5. The molecule has 3 heteroatoms. The quantitative estimate of drug-likeness (QED) is 0.739. The number of hydrogen-bond donors (Lipinski definition) is 1. The van der Waals surface area contributed by atoms with E-state index in [1.165, 1.54) is 45.4 Å². The number of hydrogen-bond acceptors (Lipinski definition) is 3. The zero-order valence-corrected chi connectivity index (χ0v) is 10.6. The molecule has 0 spiro atoms. The van der Waals surface area contributed by atoms with Crippen LogP contribution in [0.15, 0.2) is 0 Å². The fourth-order valence-electron chi connectivity index (χ4n) is 2.33. The lowest BCUT2D eigenvalue weighted by atomic mass is 9.92. The fraction of sp³-hybridized carbons (Fsp3) is 1.00. The van der Waals surface area contributed by atoms with Gasteiger partial charge in [-0.25, -0.2) is 0 Å². The van der Waals surface area contributed by atoms with Crippen LogP contribution in [-0.2, 0) is 0 Å². The van der Waals surface area contributed by atoms with E-state index >= 15 is 0 Å². The molecule has 0 amide bonds. The van der Waals surface area contributed by atoms with Crippen molar-refractivity contribution in [3.63, 3.8) is 0 Å². The molecule has 0 aromatic rings. The molecule has 2 unspecified atom stereocenters. The summed E-state index contributed by atoms with van der Waals surface area (Å²) in [6.45, 7) is 7.07. The van der Waals surface area contributed by atoms with Crippen molar-refractivity contribution in [3.05, 3.63) is 0 Å². The van der Waals surface area contributed by atoms with Gasteiger partial charge < -0.3 is 15.5 Å². The second kappa shape index (κ2) is 6.46. The van der Waals surface area contributed by atoms with Crippen molar-refractivity contribution < 1.29 is 0 Å². The van der Waals surface area contributed by atoms with E-state index in [1.54, 1.807) is 0 Å². The molecule has 1 saturated heterocycles. The first-order chi connectivity index (χ1) is 7.09. The maximum Gasteiger partial charge on any atom is 0.00509 e. The molecule has 1 aliphatic rings. The summed E-state index contributed by atoms with van der Waals surface area (Å²) in [6, 6.07) is 0.363. The molecule has 1 heterocycles. The van der Waals surface area contributed by atoms with Crippen LogP contribution in [0.4, 0.5) is 0 Å². The highest BCUT2D eigenvalue weighted by atomic mass is 15.1. The monoisotopic (exact) mass is 213 g/mol. The molecule has 1 fully saturated rings. The van der Waals surface area contributed by atoms with Crippen LogP contribution in [0.1, 0.15) is 26.2 Å². The summed E-state index contributed by atoms with van der Waals surface area (Å²) in [5.41, 5.74) is 5.97. The summed E-state index contributed by atoms with van der Waals surface area (Å²) < 4.78 is 0. The van der Waals surface area contributed by atoms with Crippen LogP contribution in [0.25, 0.3) is 0 Å². The zero-order valence-electron chi connectivity index (χ0n) is 10.6. The van der Waals surface area contributed by atoms with Crippen LogP contribution in [0.2, 0.25) is 0 Å². The van der Waals surface area contributed by atoms with Gasteiger partial charge in [0.2, 0.25) is 0 Å². The Labute approximate surface area is 94.6 Å². The zero-order chi connectivity index (χ0) is 11.3. The Bertz CT molecular complexity index is 168. The van der Waals surface area contributed by atoms with Crippen LogP contribution in [-0.4, -0.2) is 56.1 Å². The van der Waals surface area contributed by atoms with Crippen LogP contribution in [0.3, 0.4) is 0 Å². The van der Waals surface area contributed by atoms with Crippen molar-refractivity contribution in [1.29, 1.82) is 0 Å². The molecule has 0 bridgehead atoms. The molecular weight excluding hydrogens is 186 g/mol. The lowest BCUT2D eigenvalue weighted by Crippen LogP contribution is -2.43. The highest BCUT2D eigenvalue weighted by molar-refractivity contribution is 4.78. The van der Waals surface area contributed by atoms with E-state index < -0.39 is 0 Å². The second-order valence-corrected chi connectivity index (χ2v) is 5.22. The van der Waals surface area contributed by atoms with Gasteiger partial charge in [0.25, 0.3) is 0 Å². The first-order valence-electron chi connectivity index (χ1n) is 6.22. The molecule has 3 nitrogen and oxygen atoms in total. The predicted octanol–water partition coefficient (Wildman–Crippen LogP) is 0.997. The molecule has 2 atom stereocenters. The summed E-state index contributed by atoms with van der Waals surface area (Å²) >= 11 is 0. The van der Waals surface area contributed by atoms with Crippen molar-refractivity contribution in [1.82, 2.24) is 9.80 Å². The van der Waals surface area contributed by atoms with Crippen LogP contribution in [0.5, 0.6) is 0 Å². The van der Waals surface area contributed by atoms with Gasteiger partial charge in [0.15, 0.2) is 0 Å². The number of nitrogens with zero attached hydrogens (tertiary/aromatic N) is 2. The van der Waals surface area contributed by atoms with E-state index in [1.807, 2.05) is 0 Å². The molecule has 1 aliphatic heterocycles. The Hall–Kier alpha value is -0.120. The third kappa shape index (κ3) is 4.96. The van der Waals surface area contributed by atoms with E-state index in [-0.39, 0.29) is 0 Å². The average Bonchev–Trinajstić information content (AvgIpc) is 2.17. The van der Waals surface area contributed by atoms with Crippen LogP contribution < -0.4 is 5.73 Å². The molecule has 15 heavy (non-hydrogen) atoms. The standard InChI is InChI=1S/C12H27N3/c1-11(13)12-6-4-8-15(10-12)9-5-7-14(2)3/h11-12H,4-10,13H2,1-3H3. The minimum atomic E-state index is 0.363. The van der Waals surface area contributed by atoms with Crippen molar-refractivity contribution in [2.24, 2.45) is 11.7 Å². The maximum atomic E-state index is 5.97. The van der Waals surface area contributed by atoms with Crippen molar-refractivity contribution in [2.45, 2.75) is 32.2 Å². The first kappa shape index (κ1) is 12.9. The first-order valence-corrected chi connectivity index (χ1v) is 6.22. The van der Waals surface area contributed by atoms with Crippen molar-refractivity contribution in [3.8, 4) is 0 Å². The highest BCUT2D eigenvalue weighted by Gasteiger charge is 2.21. The van der Waals surface area contributed by atoms with Gasteiger partial charge in [-0.1, -0.05) is 0 Å². The van der Waals surface area contributed by atoms with Crippen molar-refractivity contribution >= 4 is 0 Å². The normalized spacial score (nSPS) is 25.8. The Morgan fingerprint density at radius 2 is 2.20 bits per heavy atom. The number of likely N-dealkylation sites (tertiary alicyclic amines) is 1. The lowest BCUT2D eigenvalue weighted by Gasteiger charge is -2.34. The molecular formula is C12H27N3. The summed E-state index contributed by atoms with van der Waals surface area (Å²) in [4.78, 5) is 4.84. The van der Waals surface area contributed by atoms with Gasteiger partial charge in [0, 0.05) is 12.6 Å². The molecule has 0 aromatic carbocycles. The van der Waals surface area contributed by atoms with Crippen LogP contribution >= 0.6 is 0 Å². The minimum Gasteiger partial charge on any atom is -0.328 e. The minimum absolute atomic E-state index is 0.363. The predicted molar refractivity (Wildman–Crippen MR) is 66.0 cm³/mol. The smallest absolute Gasteiger partial charge is 0.00509 e. The maximum absolute atomic E-state index is 5.97. The molecule has 0 saturated carbocycles. The van der Waals surface area contributed by atoms with E-state index in [2.05, 4.69) is 30.8 Å². The second-order valence-electron chi connectivity index (χ2n) is 5.22. The van der Waals surface area contributed by atoms with Gasteiger partial charge in [0.05, 0.1) is 0 Å². The molecule has 90 valence electrons. The van der Waals surface area contributed by atoms with E-state index in [0.717, 1.165) is 5.92 Å². The molecule has 0 radical (unpaired) electrons. The Balaban J connectivity index is 2.18. The summed E-state index contributed by atoms with van der Waals surface area (Å²) in [5.74, 6) is 0.720. The van der Waals surface area contributed by atoms with Crippen LogP contribution in [0, 0.1) is 5.92 Å². The largest absolute Gasteiger partial charge is 0.328 e. The third-order valence-corrected chi connectivity index (χ3v) is 3.37. The lowest BCUT2D eigenvalue weighted by molar-refractivity contribution is 0.155. The van der Waals surface area contributed by atoms with Gasteiger partial charge in [-0.2, -0.15) is 0 Å². The Morgan fingerprint density at radius 1 is 1.47 bits per heavy atom. The van der Waals surface area contributed by atoms with Crippen molar-refractivity contribution in [2.75, 3.05) is 40.3 Å².